The Morgan fingerprint density at radius 3 is 2.76 bits per heavy atom. The number of amides is 1. The number of halogens is 1. The second-order valence-electron chi connectivity index (χ2n) is 6.99. The Hall–Kier alpha value is -2.24. The molecule has 2 fully saturated rings. The number of aromatic nitrogens is 2. The fourth-order valence-electron chi connectivity index (χ4n) is 3.97. The van der Waals surface area contributed by atoms with E-state index in [0.29, 0.717) is 17.3 Å². The predicted octanol–water partition coefficient (Wildman–Crippen LogP) is 4.12. The molecule has 1 aliphatic heterocycles. The summed E-state index contributed by atoms with van der Waals surface area (Å²) in [4.78, 5) is 19.3. The Kier molecular flexibility index (Phi) is 4.51. The predicted molar refractivity (Wildman–Crippen MR) is 90.0 cm³/mol. The highest BCUT2D eigenvalue weighted by Gasteiger charge is 2.36. The van der Waals surface area contributed by atoms with E-state index < -0.39 is 0 Å². The minimum absolute atomic E-state index is 0.145. The third-order valence-electron chi connectivity index (χ3n) is 5.30. The van der Waals surface area contributed by atoms with Crippen molar-refractivity contribution in [2.24, 2.45) is 5.92 Å². The molecule has 2 aromatic rings. The van der Waals surface area contributed by atoms with Gasteiger partial charge in [-0.2, -0.15) is 4.98 Å². The van der Waals surface area contributed by atoms with Crippen LogP contribution in [0, 0.1) is 11.7 Å². The molecule has 1 aromatic heterocycles. The molecule has 1 aliphatic carbocycles. The summed E-state index contributed by atoms with van der Waals surface area (Å²) in [6.45, 7) is 0.748. The van der Waals surface area contributed by atoms with Crippen LogP contribution in [-0.4, -0.2) is 27.5 Å². The van der Waals surface area contributed by atoms with Crippen LogP contribution in [0.5, 0.6) is 0 Å². The maximum atomic E-state index is 13.4. The largest absolute Gasteiger partial charge is 0.337 e. The molecule has 0 radical (unpaired) electrons. The van der Waals surface area contributed by atoms with Gasteiger partial charge in [-0.1, -0.05) is 30.1 Å². The van der Waals surface area contributed by atoms with Crippen LogP contribution in [0.3, 0.4) is 0 Å². The van der Waals surface area contributed by atoms with E-state index in [2.05, 4.69) is 10.1 Å². The molecule has 0 bridgehead atoms. The zero-order valence-electron chi connectivity index (χ0n) is 14.2. The van der Waals surface area contributed by atoms with Crippen LogP contribution in [0.25, 0.3) is 11.4 Å². The van der Waals surface area contributed by atoms with Crippen LogP contribution in [0.15, 0.2) is 28.8 Å². The fraction of sp³-hybridized carbons (Fsp3) is 0.526. The van der Waals surface area contributed by atoms with Crippen molar-refractivity contribution in [2.75, 3.05) is 6.54 Å². The molecule has 5 nitrogen and oxygen atoms in total. The molecule has 1 saturated carbocycles. The van der Waals surface area contributed by atoms with E-state index in [0.717, 1.165) is 51.5 Å². The number of nitrogens with zero attached hydrogens (tertiary/aromatic N) is 3. The van der Waals surface area contributed by atoms with Gasteiger partial charge in [0.15, 0.2) is 0 Å². The first kappa shape index (κ1) is 16.2. The highest BCUT2D eigenvalue weighted by Crippen LogP contribution is 2.35. The number of carbonyl (C=O) groups excluding carboxylic acids is 1. The summed E-state index contributed by atoms with van der Waals surface area (Å²) in [5, 5.41) is 4.00. The summed E-state index contributed by atoms with van der Waals surface area (Å²) < 4.78 is 18.9. The molecular weight excluding hydrogens is 321 g/mol. The second kappa shape index (κ2) is 6.94. The zero-order chi connectivity index (χ0) is 17.2. The van der Waals surface area contributed by atoms with Gasteiger partial charge >= 0.3 is 0 Å². The number of benzene rings is 1. The molecule has 25 heavy (non-hydrogen) atoms. The lowest BCUT2D eigenvalue weighted by molar-refractivity contribution is -0.140. The molecule has 0 N–H and O–H groups in total. The Balaban J connectivity index is 1.57. The van der Waals surface area contributed by atoms with Gasteiger partial charge in [0.05, 0.1) is 0 Å². The number of hydrogen-bond donors (Lipinski definition) is 0. The molecular formula is C19H22FN3O2. The quantitative estimate of drug-likeness (QED) is 0.841. The van der Waals surface area contributed by atoms with Gasteiger partial charge in [-0.3, -0.25) is 4.79 Å². The van der Waals surface area contributed by atoms with Crippen molar-refractivity contribution in [1.29, 1.82) is 0 Å². The van der Waals surface area contributed by atoms with E-state index in [1.54, 1.807) is 12.1 Å². The minimum Gasteiger partial charge on any atom is -0.337 e. The summed E-state index contributed by atoms with van der Waals surface area (Å²) in [5.74, 6) is 0.872. The van der Waals surface area contributed by atoms with E-state index in [1.165, 1.54) is 12.1 Å². The molecule has 2 aliphatic rings. The summed E-state index contributed by atoms with van der Waals surface area (Å²) in [7, 11) is 0. The number of rotatable bonds is 3. The van der Waals surface area contributed by atoms with Crippen molar-refractivity contribution in [3.63, 3.8) is 0 Å². The van der Waals surface area contributed by atoms with Gasteiger partial charge in [0.1, 0.15) is 11.9 Å². The molecule has 6 heteroatoms. The molecule has 4 rings (SSSR count). The van der Waals surface area contributed by atoms with Crippen LogP contribution >= 0.6 is 0 Å². The SMILES string of the molecule is O=C(C1CCCC1)N1CCCC[C@@H]1c1nc(-c2cccc(F)c2)no1. The normalized spacial score (nSPS) is 21.6. The van der Waals surface area contributed by atoms with Gasteiger partial charge < -0.3 is 9.42 Å². The zero-order valence-corrected chi connectivity index (χ0v) is 14.2. The van der Waals surface area contributed by atoms with Crippen LogP contribution in [0.1, 0.15) is 56.9 Å². The van der Waals surface area contributed by atoms with Gasteiger partial charge in [0, 0.05) is 18.0 Å². The van der Waals surface area contributed by atoms with Crippen LogP contribution in [0.4, 0.5) is 4.39 Å². The monoisotopic (exact) mass is 343 g/mol. The number of piperidine rings is 1. The maximum absolute atomic E-state index is 13.4. The summed E-state index contributed by atoms with van der Waals surface area (Å²) in [6.07, 6.45) is 7.14. The first-order valence-corrected chi connectivity index (χ1v) is 9.12. The van der Waals surface area contributed by atoms with Crippen LogP contribution < -0.4 is 0 Å². The fourth-order valence-corrected chi connectivity index (χ4v) is 3.97. The van der Waals surface area contributed by atoms with Crippen LogP contribution in [-0.2, 0) is 4.79 Å². The lowest BCUT2D eigenvalue weighted by Crippen LogP contribution is -2.41. The van der Waals surface area contributed by atoms with Crippen molar-refractivity contribution < 1.29 is 13.7 Å². The molecule has 1 atom stereocenters. The average molecular weight is 343 g/mol. The summed E-state index contributed by atoms with van der Waals surface area (Å²) >= 11 is 0. The van der Waals surface area contributed by atoms with Crippen molar-refractivity contribution in [3.05, 3.63) is 36.0 Å². The van der Waals surface area contributed by atoms with Crippen molar-refractivity contribution in [1.82, 2.24) is 15.0 Å². The number of carbonyl (C=O) groups is 1. The van der Waals surface area contributed by atoms with Gasteiger partial charge in [0.2, 0.25) is 17.6 Å². The Labute approximate surface area is 146 Å². The molecule has 2 heterocycles. The lowest BCUT2D eigenvalue weighted by atomic mass is 9.98. The highest BCUT2D eigenvalue weighted by molar-refractivity contribution is 5.79. The summed E-state index contributed by atoms with van der Waals surface area (Å²) in [6, 6.07) is 5.98. The lowest BCUT2D eigenvalue weighted by Gasteiger charge is -2.35. The molecule has 0 unspecified atom stereocenters. The van der Waals surface area contributed by atoms with Gasteiger partial charge in [0.25, 0.3) is 0 Å². The Morgan fingerprint density at radius 1 is 1.16 bits per heavy atom. The van der Waals surface area contributed by atoms with E-state index in [9.17, 15) is 9.18 Å². The van der Waals surface area contributed by atoms with Gasteiger partial charge in [-0.05, 0) is 44.2 Å². The molecule has 132 valence electrons. The van der Waals surface area contributed by atoms with Crippen LogP contribution in [0.2, 0.25) is 0 Å². The van der Waals surface area contributed by atoms with Gasteiger partial charge in [-0.15, -0.1) is 0 Å². The maximum Gasteiger partial charge on any atom is 0.249 e. The number of hydrogen-bond acceptors (Lipinski definition) is 4. The van der Waals surface area contributed by atoms with E-state index in [1.807, 2.05) is 4.90 Å². The van der Waals surface area contributed by atoms with E-state index >= 15 is 0 Å². The molecule has 1 amide bonds. The van der Waals surface area contributed by atoms with E-state index in [4.69, 9.17) is 4.52 Å². The first-order valence-electron chi connectivity index (χ1n) is 9.12. The molecule has 1 saturated heterocycles. The third-order valence-corrected chi connectivity index (χ3v) is 5.30. The standard InChI is InChI=1S/C19H22FN3O2/c20-15-9-5-8-14(12-15)17-21-18(25-22-17)16-10-3-4-11-23(16)19(24)13-6-1-2-7-13/h5,8-9,12-13,16H,1-4,6-7,10-11H2/t16-/m1/s1. The molecule has 0 spiro atoms. The Bertz CT molecular complexity index is 755. The average Bonchev–Trinajstić information content (AvgIpc) is 3.33. The third kappa shape index (κ3) is 3.30. The second-order valence-corrected chi connectivity index (χ2v) is 6.99. The minimum atomic E-state index is -0.334. The van der Waals surface area contributed by atoms with Crippen molar-refractivity contribution >= 4 is 5.91 Å². The van der Waals surface area contributed by atoms with Gasteiger partial charge in [-0.25, -0.2) is 4.39 Å². The van der Waals surface area contributed by atoms with E-state index in [-0.39, 0.29) is 23.7 Å². The highest BCUT2D eigenvalue weighted by atomic mass is 19.1. The topological polar surface area (TPSA) is 59.2 Å². The Morgan fingerprint density at radius 2 is 1.96 bits per heavy atom. The summed E-state index contributed by atoms with van der Waals surface area (Å²) in [5.41, 5.74) is 0.583. The molecule has 1 aromatic carbocycles. The smallest absolute Gasteiger partial charge is 0.249 e. The van der Waals surface area contributed by atoms with Crippen molar-refractivity contribution in [3.8, 4) is 11.4 Å². The van der Waals surface area contributed by atoms with Crippen molar-refractivity contribution in [2.45, 2.75) is 51.0 Å². The number of likely N-dealkylation sites (tertiary alicyclic amines) is 1. The first-order chi connectivity index (χ1) is 12.2.